The molecule has 1 unspecified atom stereocenters. The molecule has 3 N–H and O–H groups in total. The maximum absolute atomic E-state index is 15.5. The summed E-state index contributed by atoms with van der Waals surface area (Å²) in [5.74, 6) is -2.02. The number of aryl methyl sites for hydroxylation is 2. The van der Waals surface area contributed by atoms with E-state index < -0.39 is 33.0 Å². The maximum Gasteiger partial charge on any atom is 0.281 e. The van der Waals surface area contributed by atoms with E-state index in [9.17, 15) is 23.4 Å². The van der Waals surface area contributed by atoms with E-state index >= 15 is 4.39 Å². The molecule has 11 heteroatoms. The minimum absolute atomic E-state index is 0.0754. The molecule has 2 aliphatic heterocycles. The Hall–Kier alpha value is -3.86. The van der Waals surface area contributed by atoms with Crippen LogP contribution in [0.2, 0.25) is 0 Å². The zero-order valence-corrected chi connectivity index (χ0v) is 21.5. The summed E-state index contributed by atoms with van der Waals surface area (Å²) >= 11 is 0. The van der Waals surface area contributed by atoms with E-state index in [0.29, 0.717) is 0 Å². The van der Waals surface area contributed by atoms with Crippen LogP contribution in [0.25, 0.3) is 0 Å². The van der Waals surface area contributed by atoms with E-state index in [1.165, 1.54) is 30.3 Å². The lowest BCUT2D eigenvalue weighted by Crippen LogP contribution is -2.41. The highest BCUT2D eigenvalue weighted by atomic mass is 32.2. The van der Waals surface area contributed by atoms with Gasteiger partial charge in [0.1, 0.15) is 34.8 Å². The summed E-state index contributed by atoms with van der Waals surface area (Å²) in [6.45, 7) is 6.72. The number of fused-ring (bicyclic) bond motifs is 1. The van der Waals surface area contributed by atoms with E-state index in [4.69, 9.17) is 4.42 Å². The van der Waals surface area contributed by atoms with Gasteiger partial charge in [0.2, 0.25) is 0 Å². The number of phenols is 2. The van der Waals surface area contributed by atoms with Crippen molar-refractivity contribution in [1.82, 2.24) is 4.98 Å². The largest absolute Gasteiger partial charge is 0.508 e. The number of hydrogen-bond donors (Lipinski definition) is 3. The number of allylic oxidation sites excluding steroid dienone is 1. The molecular formula is C26H26FN3O6S. The first-order valence-corrected chi connectivity index (χ1v) is 13.2. The quantitative estimate of drug-likeness (QED) is 0.408. The van der Waals surface area contributed by atoms with Gasteiger partial charge in [-0.1, -0.05) is 19.9 Å². The number of oxazole rings is 1. The molecule has 0 aliphatic carbocycles. The smallest absolute Gasteiger partial charge is 0.281 e. The second-order valence-electron chi connectivity index (χ2n) is 10.2. The lowest BCUT2D eigenvalue weighted by molar-refractivity contribution is 0.0974. The normalized spacial score (nSPS) is 20.0. The standard InChI is InChI=1S/C26H26FN3O6S/c1-13-21(28-14(2)36-13)25(33)30-19-6-5-7-20(32)22(19)29-18-11-26(3,4)12-37(34,35)24(18)23(30)16-9-8-15(31)10-17(16)27/h5-10,23,29,31-32H,11-12H2,1-4H3. The number of benzene rings is 2. The van der Waals surface area contributed by atoms with E-state index in [1.54, 1.807) is 27.7 Å². The third-order valence-electron chi connectivity index (χ3n) is 6.53. The van der Waals surface area contributed by atoms with Crippen LogP contribution in [-0.4, -0.2) is 35.3 Å². The third-order valence-corrected chi connectivity index (χ3v) is 8.84. The number of carbonyl (C=O) groups excluding carboxylic acids is 1. The van der Waals surface area contributed by atoms with Crippen LogP contribution in [0.4, 0.5) is 15.8 Å². The maximum atomic E-state index is 15.5. The van der Waals surface area contributed by atoms with Crippen molar-refractivity contribution < 1.29 is 32.2 Å². The van der Waals surface area contributed by atoms with Gasteiger partial charge in [-0.15, -0.1) is 0 Å². The second kappa shape index (κ2) is 8.34. The molecule has 37 heavy (non-hydrogen) atoms. The number of aromatic hydroxyl groups is 2. The van der Waals surface area contributed by atoms with E-state index in [0.717, 1.165) is 11.0 Å². The van der Waals surface area contributed by atoms with Crippen molar-refractivity contribution in [2.24, 2.45) is 5.41 Å². The monoisotopic (exact) mass is 527 g/mol. The first kappa shape index (κ1) is 24.8. The Kier molecular flexibility index (Phi) is 5.59. The number of amides is 1. The Morgan fingerprint density at radius 3 is 2.59 bits per heavy atom. The number of nitrogens with zero attached hydrogens (tertiary/aromatic N) is 2. The van der Waals surface area contributed by atoms with Crippen molar-refractivity contribution in [2.75, 3.05) is 16.0 Å². The van der Waals surface area contributed by atoms with Gasteiger partial charge in [-0.05, 0) is 43.0 Å². The van der Waals surface area contributed by atoms with Crippen LogP contribution < -0.4 is 10.2 Å². The van der Waals surface area contributed by atoms with Crippen molar-refractivity contribution in [3.05, 3.63) is 75.7 Å². The summed E-state index contributed by atoms with van der Waals surface area (Å²) < 4.78 is 48.7. The Morgan fingerprint density at radius 2 is 1.95 bits per heavy atom. The van der Waals surface area contributed by atoms with Crippen molar-refractivity contribution in [3.8, 4) is 11.5 Å². The highest BCUT2D eigenvalue weighted by Crippen LogP contribution is 2.52. The van der Waals surface area contributed by atoms with Crippen LogP contribution in [0.15, 0.2) is 51.4 Å². The number of halogens is 1. The van der Waals surface area contributed by atoms with Gasteiger partial charge >= 0.3 is 0 Å². The van der Waals surface area contributed by atoms with Crippen LogP contribution in [-0.2, 0) is 9.84 Å². The van der Waals surface area contributed by atoms with Gasteiger partial charge in [-0.3, -0.25) is 9.69 Å². The van der Waals surface area contributed by atoms with Gasteiger partial charge in [0.15, 0.2) is 21.4 Å². The van der Waals surface area contributed by atoms with Crippen LogP contribution >= 0.6 is 0 Å². The van der Waals surface area contributed by atoms with Gasteiger partial charge in [-0.2, -0.15) is 0 Å². The average molecular weight is 528 g/mol. The van der Waals surface area contributed by atoms with Gasteiger partial charge in [0.25, 0.3) is 5.91 Å². The Morgan fingerprint density at radius 1 is 1.22 bits per heavy atom. The fraction of sp³-hybridized carbons (Fsp3) is 0.308. The predicted octanol–water partition coefficient (Wildman–Crippen LogP) is 4.71. The Balaban J connectivity index is 1.90. The molecule has 1 aromatic heterocycles. The molecule has 0 bridgehead atoms. The molecule has 3 aromatic rings. The number of aromatic nitrogens is 1. The summed E-state index contributed by atoms with van der Waals surface area (Å²) in [5.41, 5.74) is -0.404. The number of carbonyl (C=O) groups is 1. The first-order valence-electron chi connectivity index (χ1n) is 11.6. The number of phenolic OH excluding ortho intramolecular Hbond substituents is 2. The topological polar surface area (TPSA) is 133 Å². The summed E-state index contributed by atoms with van der Waals surface area (Å²) in [5, 5.41) is 23.7. The molecule has 0 spiro atoms. The zero-order valence-electron chi connectivity index (χ0n) is 20.7. The Bertz CT molecular complexity index is 1590. The number of nitrogens with one attached hydrogen (secondary N) is 1. The molecule has 5 rings (SSSR count). The molecule has 3 heterocycles. The number of para-hydroxylation sites is 1. The molecule has 1 atom stereocenters. The first-order chi connectivity index (χ1) is 17.3. The molecular weight excluding hydrogens is 501 g/mol. The highest BCUT2D eigenvalue weighted by molar-refractivity contribution is 7.95. The molecule has 0 saturated carbocycles. The van der Waals surface area contributed by atoms with Crippen LogP contribution in [0.5, 0.6) is 11.5 Å². The zero-order chi connectivity index (χ0) is 26.9. The van der Waals surface area contributed by atoms with Crippen LogP contribution in [0.1, 0.15) is 54.0 Å². The molecule has 0 saturated heterocycles. The fourth-order valence-corrected chi connectivity index (χ4v) is 7.55. The molecule has 0 radical (unpaired) electrons. The summed E-state index contributed by atoms with van der Waals surface area (Å²) in [4.78, 5) is 19.3. The molecule has 2 aromatic carbocycles. The SMILES string of the molecule is Cc1nc(C(=O)N2c3cccc(O)c3NC3=C(C2c2ccc(O)cc2F)S(=O)(=O)CC(C)(C)C3)c(C)o1. The van der Waals surface area contributed by atoms with Crippen LogP contribution in [0.3, 0.4) is 0 Å². The molecule has 9 nitrogen and oxygen atoms in total. The van der Waals surface area contributed by atoms with Crippen molar-refractivity contribution in [3.63, 3.8) is 0 Å². The molecule has 0 fully saturated rings. The minimum Gasteiger partial charge on any atom is -0.508 e. The van der Waals surface area contributed by atoms with Gasteiger partial charge in [-0.25, -0.2) is 17.8 Å². The average Bonchev–Trinajstić information content (AvgIpc) is 3.02. The number of sulfone groups is 1. The minimum atomic E-state index is -4.05. The highest BCUT2D eigenvalue weighted by Gasteiger charge is 2.48. The van der Waals surface area contributed by atoms with Crippen LogP contribution in [0, 0.1) is 25.1 Å². The second-order valence-corrected chi connectivity index (χ2v) is 12.1. The van der Waals surface area contributed by atoms with Crippen molar-refractivity contribution in [2.45, 2.75) is 40.2 Å². The number of rotatable bonds is 2. The van der Waals surface area contributed by atoms with Crippen molar-refractivity contribution >= 4 is 27.1 Å². The van der Waals surface area contributed by atoms with Gasteiger partial charge < -0.3 is 19.9 Å². The summed E-state index contributed by atoms with van der Waals surface area (Å²) in [6.07, 6.45) is 0.260. The van der Waals surface area contributed by atoms with Gasteiger partial charge in [0, 0.05) is 24.3 Å². The lowest BCUT2D eigenvalue weighted by atomic mass is 9.88. The molecule has 1 amide bonds. The predicted molar refractivity (Wildman–Crippen MR) is 135 cm³/mol. The van der Waals surface area contributed by atoms with E-state index in [1.807, 2.05) is 0 Å². The lowest BCUT2D eigenvalue weighted by Gasteiger charge is -2.37. The number of hydrogen-bond acceptors (Lipinski definition) is 8. The van der Waals surface area contributed by atoms with Crippen molar-refractivity contribution in [1.29, 1.82) is 0 Å². The molecule has 2 aliphatic rings. The fourth-order valence-electron chi connectivity index (χ4n) is 5.19. The third kappa shape index (κ3) is 4.12. The molecule has 194 valence electrons. The van der Waals surface area contributed by atoms with E-state index in [-0.39, 0.29) is 68.6 Å². The summed E-state index contributed by atoms with van der Waals surface area (Å²) in [6, 6.07) is 6.33. The summed E-state index contributed by atoms with van der Waals surface area (Å²) in [7, 11) is -4.05. The Labute approximate surface area is 213 Å². The van der Waals surface area contributed by atoms with E-state index in [2.05, 4.69) is 10.3 Å². The van der Waals surface area contributed by atoms with Gasteiger partial charge in [0.05, 0.1) is 16.3 Å². The number of anilines is 2.